The molecule has 0 atom stereocenters. The second kappa shape index (κ2) is 7.66. The normalized spacial score (nSPS) is 10.4. The lowest BCUT2D eigenvalue weighted by atomic mass is 10.1. The van der Waals surface area contributed by atoms with E-state index >= 15 is 0 Å². The molecule has 0 spiro atoms. The van der Waals surface area contributed by atoms with Crippen molar-refractivity contribution in [3.8, 4) is 17.1 Å². The van der Waals surface area contributed by atoms with Crippen LogP contribution < -0.4 is 10.1 Å². The largest absolute Gasteiger partial charge is 0.492 e. The molecule has 0 saturated heterocycles. The number of amides is 1. The average molecular weight is 343 g/mol. The summed E-state index contributed by atoms with van der Waals surface area (Å²) in [5.74, 6) is 0.945. The minimum absolute atomic E-state index is 0.236. The van der Waals surface area contributed by atoms with E-state index in [1.807, 2.05) is 30.3 Å². The minimum Gasteiger partial charge on any atom is -0.492 e. The summed E-state index contributed by atoms with van der Waals surface area (Å²) in [5.41, 5.74) is 1.11. The van der Waals surface area contributed by atoms with Gasteiger partial charge in [0.1, 0.15) is 12.4 Å². The highest BCUT2D eigenvalue weighted by molar-refractivity contribution is 6.30. The van der Waals surface area contributed by atoms with E-state index in [-0.39, 0.29) is 11.6 Å². The molecule has 1 amide bonds. The van der Waals surface area contributed by atoms with Gasteiger partial charge in [-0.25, -0.2) is 0 Å². The molecule has 24 heavy (non-hydrogen) atoms. The van der Waals surface area contributed by atoms with E-state index in [1.165, 1.54) is 0 Å². The number of nitrogens with zero attached hydrogens (tertiary/aromatic N) is 1. The number of hydrogen-bond donors (Lipinski definition) is 1. The number of ether oxygens (including phenoxy) is 1. The first-order chi connectivity index (χ1) is 11.7. The first-order valence-corrected chi connectivity index (χ1v) is 7.79. The van der Waals surface area contributed by atoms with Gasteiger partial charge >= 0.3 is 0 Å². The predicted molar refractivity (Wildman–Crippen MR) is 91.2 cm³/mol. The van der Waals surface area contributed by atoms with Crippen LogP contribution in [0.25, 0.3) is 11.3 Å². The summed E-state index contributed by atoms with van der Waals surface area (Å²) in [7, 11) is 0. The number of carbonyl (C=O) groups excluding carboxylic acids is 1. The molecule has 122 valence electrons. The van der Waals surface area contributed by atoms with Crippen molar-refractivity contribution in [1.82, 2.24) is 10.5 Å². The molecule has 1 N–H and O–H groups in total. The van der Waals surface area contributed by atoms with Gasteiger partial charge in [-0.15, -0.1) is 0 Å². The Morgan fingerprint density at radius 1 is 1.12 bits per heavy atom. The quantitative estimate of drug-likeness (QED) is 0.692. The average Bonchev–Trinajstić information content (AvgIpc) is 3.11. The van der Waals surface area contributed by atoms with Crippen molar-refractivity contribution >= 4 is 17.5 Å². The Kier molecular flexibility index (Phi) is 5.13. The third-order valence-electron chi connectivity index (χ3n) is 3.27. The predicted octanol–water partition coefficient (Wildman–Crippen LogP) is 3.80. The van der Waals surface area contributed by atoms with Gasteiger partial charge in [0.2, 0.25) is 0 Å². The summed E-state index contributed by atoms with van der Waals surface area (Å²) in [6.45, 7) is 0.700. The smallest absolute Gasteiger partial charge is 0.273 e. The first kappa shape index (κ1) is 16.1. The van der Waals surface area contributed by atoms with Crippen LogP contribution in [0.5, 0.6) is 5.75 Å². The molecule has 0 unspecified atom stereocenters. The van der Waals surface area contributed by atoms with Crippen molar-refractivity contribution in [2.24, 2.45) is 0 Å². The third-order valence-corrected chi connectivity index (χ3v) is 3.52. The van der Waals surface area contributed by atoms with Gasteiger partial charge in [-0.2, -0.15) is 0 Å². The molecular weight excluding hydrogens is 328 g/mol. The molecule has 2 aromatic carbocycles. The van der Waals surface area contributed by atoms with Gasteiger partial charge in [0.15, 0.2) is 11.5 Å². The topological polar surface area (TPSA) is 64.4 Å². The third kappa shape index (κ3) is 4.14. The molecule has 0 radical (unpaired) electrons. The van der Waals surface area contributed by atoms with Crippen LogP contribution in [0.15, 0.2) is 65.2 Å². The number of nitrogens with one attached hydrogen (secondary N) is 1. The number of hydrogen-bond acceptors (Lipinski definition) is 4. The fraction of sp³-hybridized carbons (Fsp3) is 0.111. The Morgan fingerprint density at radius 2 is 1.88 bits per heavy atom. The van der Waals surface area contributed by atoms with Crippen LogP contribution in [-0.4, -0.2) is 24.2 Å². The molecule has 0 aliphatic carbocycles. The Hall–Kier alpha value is -2.79. The monoisotopic (exact) mass is 342 g/mol. The molecule has 0 fully saturated rings. The summed E-state index contributed by atoms with van der Waals surface area (Å²) in [5, 5.41) is 7.18. The van der Waals surface area contributed by atoms with Crippen LogP contribution in [0.4, 0.5) is 0 Å². The lowest BCUT2D eigenvalue weighted by molar-refractivity contribution is 0.0938. The lowest BCUT2D eigenvalue weighted by Gasteiger charge is -2.06. The maximum Gasteiger partial charge on any atom is 0.273 e. The molecule has 0 aliphatic rings. The van der Waals surface area contributed by atoms with Crippen molar-refractivity contribution < 1.29 is 14.1 Å². The molecule has 0 saturated carbocycles. The summed E-state index contributed by atoms with van der Waals surface area (Å²) in [4.78, 5) is 12.0. The van der Waals surface area contributed by atoms with Gasteiger partial charge in [0.05, 0.1) is 6.54 Å². The number of benzene rings is 2. The molecule has 1 aromatic heterocycles. The van der Waals surface area contributed by atoms with Gasteiger partial charge < -0.3 is 14.6 Å². The molecule has 3 aromatic rings. The molecule has 0 aliphatic heterocycles. The van der Waals surface area contributed by atoms with Crippen LogP contribution in [0.1, 0.15) is 10.5 Å². The van der Waals surface area contributed by atoms with Crippen LogP contribution in [0, 0.1) is 0 Å². The molecule has 6 heteroatoms. The highest BCUT2D eigenvalue weighted by atomic mass is 35.5. The molecule has 5 nitrogen and oxygen atoms in total. The summed E-state index contributed by atoms with van der Waals surface area (Å²) in [6.07, 6.45) is 0. The van der Waals surface area contributed by atoms with Crippen molar-refractivity contribution in [2.45, 2.75) is 0 Å². The Morgan fingerprint density at radius 3 is 2.62 bits per heavy atom. The van der Waals surface area contributed by atoms with Crippen molar-refractivity contribution in [3.63, 3.8) is 0 Å². The standard InChI is InChI=1S/C18H15ClN2O3/c19-14-6-8-15(9-7-14)23-11-10-20-18(22)16-12-17(24-21-16)13-4-2-1-3-5-13/h1-9,12H,10-11H2,(H,20,22). The highest BCUT2D eigenvalue weighted by Crippen LogP contribution is 2.19. The van der Waals surface area contributed by atoms with Crippen LogP contribution in [0.3, 0.4) is 0 Å². The van der Waals surface area contributed by atoms with E-state index in [0.717, 1.165) is 5.56 Å². The van der Waals surface area contributed by atoms with E-state index < -0.39 is 0 Å². The van der Waals surface area contributed by atoms with Crippen molar-refractivity contribution in [3.05, 3.63) is 71.4 Å². The maximum atomic E-state index is 12.0. The molecule has 0 bridgehead atoms. The molecule has 1 heterocycles. The van der Waals surface area contributed by atoms with Crippen LogP contribution in [-0.2, 0) is 0 Å². The summed E-state index contributed by atoms with van der Waals surface area (Å²) >= 11 is 5.80. The minimum atomic E-state index is -0.305. The Bertz CT molecular complexity index is 801. The Labute approximate surface area is 144 Å². The highest BCUT2D eigenvalue weighted by Gasteiger charge is 2.13. The number of halogens is 1. The van der Waals surface area contributed by atoms with Gasteiger partial charge in [-0.1, -0.05) is 47.1 Å². The maximum absolute atomic E-state index is 12.0. The second-order valence-electron chi connectivity index (χ2n) is 5.00. The van der Waals surface area contributed by atoms with Crippen LogP contribution >= 0.6 is 11.6 Å². The van der Waals surface area contributed by atoms with E-state index in [4.69, 9.17) is 20.9 Å². The van der Waals surface area contributed by atoms with Gasteiger partial charge in [-0.05, 0) is 24.3 Å². The van der Waals surface area contributed by atoms with Crippen LogP contribution in [0.2, 0.25) is 5.02 Å². The zero-order valence-corrected chi connectivity index (χ0v) is 13.5. The molecular formula is C18H15ClN2O3. The van der Waals surface area contributed by atoms with Crippen molar-refractivity contribution in [1.29, 1.82) is 0 Å². The first-order valence-electron chi connectivity index (χ1n) is 7.41. The van der Waals surface area contributed by atoms with Gasteiger partial charge in [-0.3, -0.25) is 4.79 Å². The lowest BCUT2D eigenvalue weighted by Crippen LogP contribution is -2.28. The SMILES string of the molecule is O=C(NCCOc1ccc(Cl)cc1)c1cc(-c2ccccc2)on1. The summed E-state index contributed by atoms with van der Waals surface area (Å²) in [6, 6.07) is 18.1. The second-order valence-corrected chi connectivity index (χ2v) is 5.44. The van der Waals surface area contributed by atoms with E-state index in [1.54, 1.807) is 30.3 Å². The van der Waals surface area contributed by atoms with E-state index in [0.29, 0.717) is 29.7 Å². The fourth-order valence-electron chi connectivity index (χ4n) is 2.08. The van der Waals surface area contributed by atoms with Gasteiger partial charge in [0, 0.05) is 16.7 Å². The fourth-order valence-corrected chi connectivity index (χ4v) is 2.20. The number of rotatable bonds is 6. The number of carbonyl (C=O) groups is 1. The molecule has 3 rings (SSSR count). The zero-order chi connectivity index (χ0) is 16.8. The Balaban J connectivity index is 1.49. The number of aromatic nitrogens is 1. The van der Waals surface area contributed by atoms with E-state index in [2.05, 4.69) is 10.5 Å². The van der Waals surface area contributed by atoms with Gasteiger partial charge in [0.25, 0.3) is 5.91 Å². The van der Waals surface area contributed by atoms with E-state index in [9.17, 15) is 4.79 Å². The zero-order valence-electron chi connectivity index (χ0n) is 12.7. The van der Waals surface area contributed by atoms with Crippen molar-refractivity contribution in [2.75, 3.05) is 13.2 Å². The summed E-state index contributed by atoms with van der Waals surface area (Å²) < 4.78 is 10.7.